The van der Waals surface area contributed by atoms with Crippen molar-refractivity contribution in [1.82, 2.24) is 4.90 Å². The van der Waals surface area contributed by atoms with Crippen LogP contribution in [0.15, 0.2) is 24.3 Å². The van der Waals surface area contributed by atoms with E-state index >= 15 is 0 Å². The van der Waals surface area contributed by atoms with Crippen LogP contribution in [-0.4, -0.2) is 37.7 Å². The van der Waals surface area contributed by atoms with Crippen molar-refractivity contribution in [3.05, 3.63) is 35.4 Å². The van der Waals surface area contributed by atoms with Crippen LogP contribution in [0.25, 0.3) is 0 Å². The van der Waals surface area contributed by atoms with Crippen molar-refractivity contribution >= 4 is 0 Å². The highest BCUT2D eigenvalue weighted by Crippen LogP contribution is 2.40. The molecule has 0 spiro atoms. The molecular weight excluding hydrogens is 248 g/mol. The second-order valence-electron chi connectivity index (χ2n) is 5.83. The molecule has 3 heteroatoms. The molecule has 0 aliphatic heterocycles. The lowest BCUT2D eigenvalue weighted by Crippen LogP contribution is -2.42. The minimum Gasteiger partial charge on any atom is -0.383 e. The Balaban J connectivity index is 2.18. The Labute approximate surface area is 123 Å². The first-order valence-electron chi connectivity index (χ1n) is 7.75. The third-order valence-electron chi connectivity index (χ3n) is 4.31. The Morgan fingerprint density at radius 2 is 2.15 bits per heavy atom. The van der Waals surface area contributed by atoms with Crippen LogP contribution in [0.2, 0.25) is 0 Å². The predicted octanol–water partition coefficient (Wildman–Crippen LogP) is 2.92. The smallest absolute Gasteiger partial charge is 0.0615 e. The van der Waals surface area contributed by atoms with Crippen LogP contribution in [0.1, 0.15) is 49.8 Å². The molecule has 0 heterocycles. The Morgan fingerprint density at radius 3 is 2.70 bits per heavy atom. The van der Waals surface area contributed by atoms with Gasteiger partial charge in [-0.25, -0.2) is 0 Å². The van der Waals surface area contributed by atoms with Crippen LogP contribution in [0.3, 0.4) is 0 Å². The normalized spacial score (nSPS) is 18.2. The largest absolute Gasteiger partial charge is 0.383 e. The van der Waals surface area contributed by atoms with E-state index in [0.29, 0.717) is 12.6 Å². The van der Waals surface area contributed by atoms with Crippen molar-refractivity contribution in [2.75, 3.05) is 26.8 Å². The van der Waals surface area contributed by atoms with Gasteiger partial charge in [0.15, 0.2) is 0 Å². The average Bonchev–Trinajstić information content (AvgIpc) is 3.29. The molecule has 0 bridgehead atoms. The number of methoxy groups -OCH3 is 1. The zero-order chi connectivity index (χ0) is 14.5. The quantitative estimate of drug-likeness (QED) is 0.793. The molecule has 2 atom stereocenters. The van der Waals surface area contributed by atoms with E-state index in [-0.39, 0.29) is 6.04 Å². The molecule has 1 aromatic carbocycles. The van der Waals surface area contributed by atoms with Crippen molar-refractivity contribution in [3.8, 4) is 0 Å². The second kappa shape index (κ2) is 7.21. The van der Waals surface area contributed by atoms with Gasteiger partial charge in [0.25, 0.3) is 0 Å². The SMILES string of the molecule is CCN(C(C)COC)C(CN)c1cccc(C2CC2)c1. The number of nitrogens with zero attached hydrogens (tertiary/aromatic N) is 1. The van der Waals surface area contributed by atoms with Crippen LogP contribution in [0.5, 0.6) is 0 Å². The van der Waals surface area contributed by atoms with Crippen LogP contribution in [0.4, 0.5) is 0 Å². The van der Waals surface area contributed by atoms with Gasteiger partial charge < -0.3 is 10.5 Å². The summed E-state index contributed by atoms with van der Waals surface area (Å²) in [5.41, 5.74) is 8.91. The Bertz CT molecular complexity index is 417. The topological polar surface area (TPSA) is 38.5 Å². The van der Waals surface area contributed by atoms with Gasteiger partial charge in [-0.3, -0.25) is 4.90 Å². The lowest BCUT2D eigenvalue weighted by atomic mass is 9.99. The molecule has 0 aromatic heterocycles. The van der Waals surface area contributed by atoms with Gasteiger partial charge in [0, 0.05) is 25.7 Å². The lowest BCUT2D eigenvalue weighted by molar-refractivity contribution is 0.0751. The van der Waals surface area contributed by atoms with E-state index in [1.165, 1.54) is 24.0 Å². The molecule has 1 aliphatic rings. The number of hydrogen-bond acceptors (Lipinski definition) is 3. The minimum absolute atomic E-state index is 0.281. The fourth-order valence-corrected chi connectivity index (χ4v) is 3.08. The van der Waals surface area contributed by atoms with E-state index in [2.05, 4.69) is 43.0 Å². The molecule has 0 saturated heterocycles. The van der Waals surface area contributed by atoms with Gasteiger partial charge in [-0.2, -0.15) is 0 Å². The summed E-state index contributed by atoms with van der Waals surface area (Å²) in [4.78, 5) is 2.44. The molecule has 1 fully saturated rings. The summed E-state index contributed by atoms with van der Waals surface area (Å²) in [6.07, 6.45) is 2.68. The van der Waals surface area contributed by atoms with E-state index in [9.17, 15) is 0 Å². The first-order chi connectivity index (χ1) is 9.71. The molecule has 20 heavy (non-hydrogen) atoms. The summed E-state index contributed by atoms with van der Waals surface area (Å²) in [7, 11) is 1.76. The zero-order valence-corrected chi connectivity index (χ0v) is 13.0. The van der Waals surface area contributed by atoms with Crippen molar-refractivity contribution in [1.29, 1.82) is 0 Å². The summed E-state index contributed by atoms with van der Waals surface area (Å²) >= 11 is 0. The summed E-state index contributed by atoms with van der Waals surface area (Å²) in [6.45, 7) is 6.78. The Morgan fingerprint density at radius 1 is 1.40 bits per heavy atom. The maximum atomic E-state index is 6.07. The van der Waals surface area contributed by atoms with Gasteiger partial charge in [-0.1, -0.05) is 31.2 Å². The van der Waals surface area contributed by atoms with E-state index in [1.807, 2.05) is 0 Å². The Kier molecular flexibility index (Phi) is 5.58. The molecular formula is C17H28N2O. The van der Waals surface area contributed by atoms with Gasteiger partial charge in [0.2, 0.25) is 0 Å². The number of nitrogens with two attached hydrogens (primary N) is 1. The van der Waals surface area contributed by atoms with E-state index < -0.39 is 0 Å². The van der Waals surface area contributed by atoms with Crippen molar-refractivity contribution in [3.63, 3.8) is 0 Å². The fourth-order valence-electron chi connectivity index (χ4n) is 3.08. The van der Waals surface area contributed by atoms with Gasteiger partial charge in [-0.05, 0) is 43.4 Å². The number of likely N-dealkylation sites (N-methyl/N-ethyl adjacent to an activating group) is 1. The molecule has 1 aliphatic carbocycles. The van der Waals surface area contributed by atoms with Gasteiger partial charge in [0.05, 0.1) is 6.61 Å². The van der Waals surface area contributed by atoms with Gasteiger partial charge in [-0.15, -0.1) is 0 Å². The molecule has 112 valence electrons. The van der Waals surface area contributed by atoms with Gasteiger partial charge in [0.1, 0.15) is 0 Å². The van der Waals surface area contributed by atoms with Gasteiger partial charge >= 0.3 is 0 Å². The van der Waals surface area contributed by atoms with E-state index in [1.54, 1.807) is 7.11 Å². The lowest BCUT2D eigenvalue weighted by Gasteiger charge is -2.35. The highest BCUT2D eigenvalue weighted by molar-refractivity contribution is 5.31. The summed E-state index contributed by atoms with van der Waals surface area (Å²) in [5.74, 6) is 0.792. The highest BCUT2D eigenvalue weighted by Gasteiger charge is 2.26. The third-order valence-corrected chi connectivity index (χ3v) is 4.31. The molecule has 0 amide bonds. The number of ether oxygens (including phenoxy) is 1. The van der Waals surface area contributed by atoms with Crippen molar-refractivity contribution < 1.29 is 4.74 Å². The van der Waals surface area contributed by atoms with Crippen LogP contribution in [0, 0.1) is 0 Å². The summed E-state index contributed by atoms with van der Waals surface area (Å²) in [5, 5.41) is 0. The molecule has 2 unspecified atom stereocenters. The van der Waals surface area contributed by atoms with Crippen LogP contribution >= 0.6 is 0 Å². The van der Waals surface area contributed by atoms with Crippen molar-refractivity contribution in [2.24, 2.45) is 5.73 Å². The third kappa shape index (κ3) is 3.60. The average molecular weight is 276 g/mol. The van der Waals surface area contributed by atoms with Crippen molar-refractivity contribution in [2.45, 2.75) is 44.7 Å². The Hall–Kier alpha value is -0.900. The fraction of sp³-hybridized carbons (Fsp3) is 0.647. The molecule has 2 rings (SSSR count). The minimum atomic E-state index is 0.281. The van der Waals surface area contributed by atoms with Crippen LogP contribution < -0.4 is 5.73 Å². The second-order valence-corrected chi connectivity index (χ2v) is 5.83. The molecule has 3 nitrogen and oxygen atoms in total. The molecule has 0 radical (unpaired) electrons. The monoisotopic (exact) mass is 276 g/mol. The summed E-state index contributed by atoms with van der Waals surface area (Å²) < 4.78 is 5.31. The number of hydrogen-bond donors (Lipinski definition) is 1. The maximum Gasteiger partial charge on any atom is 0.0615 e. The standard InChI is InChI=1S/C17H28N2O/c1-4-19(13(2)12-20-3)17(11-18)16-7-5-6-15(10-16)14-8-9-14/h5-7,10,13-14,17H,4,8-9,11-12,18H2,1-3H3. The summed E-state index contributed by atoms with van der Waals surface area (Å²) in [6, 6.07) is 9.67. The molecule has 1 aromatic rings. The number of rotatable bonds is 8. The number of benzene rings is 1. The zero-order valence-electron chi connectivity index (χ0n) is 13.0. The van der Waals surface area contributed by atoms with E-state index in [4.69, 9.17) is 10.5 Å². The first kappa shape index (κ1) is 15.5. The maximum absolute atomic E-state index is 6.07. The highest BCUT2D eigenvalue weighted by atomic mass is 16.5. The molecule has 2 N–H and O–H groups in total. The van der Waals surface area contributed by atoms with E-state index in [0.717, 1.165) is 19.1 Å². The predicted molar refractivity (Wildman–Crippen MR) is 83.9 cm³/mol. The molecule has 1 saturated carbocycles. The van der Waals surface area contributed by atoms with Crippen LogP contribution in [-0.2, 0) is 4.74 Å². The first-order valence-corrected chi connectivity index (χ1v) is 7.75.